The van der Waals surface area contributed by atoms with E-state index in [4.69, 9.17) is 9.47 Å². The number of allylic oxidation sites excluding steroid dienone is 2. The summed E-state index contributed by atoms with van der Waals surface area (Å²) in [6, 6.07) is 18.7. The third-order valence-electron chi connectivity index (χ3n) is 10.1. The van der Waals surface area contributed by atoms with Crippen LogP contribution in [0, 0.1) is 46.3 Å². The number of para-hydroxylation sites is 3. The molecule has 0 saturated heterocycles. The van der Waals surface area contributed by atoms with E-state index in [1.165, 1.54) is 37.7 Å². The highest BCUT2D eigenvalue weighted by Gasteiger charge is 2.63. The molecular formula is C31H23N3O2S. The van der Waals surface area contributed by atoms with Gasteiger partial charge in [0, 0.05) is 15.9 Å². The molecule has 37 heavy (non-hydrogen) atoms. The fourth-order valence-electron chi connectivity index (χ4n) is 9.00. The van der Waals surface area contributed by atoms with Crippen molar-refractivity contribution in [2.75, 3.05) is 4.90 Å². The van der Waals surface area contributed by atoms with Crippen LogP contribution in [0.1, 0.15) is 49.0 Å². The molecule has 2 aliphatic heterocycles. The summed E-state index contributed by atoms with van der Waals surface area (Å²) in [5.41, 5.74) is 4.39. The molecule has 0 atom stereocenters. The van der Waals surface area contributed by atoms with Gasteiger partial charge in [-0.1, -0.05) is 18.2 Å². The van der Waals surface area contributed by atoms with Crippen LogP contribution >= 0.6 is 11.3 Å². The number of rotatable bonds is 0. The Balaban J connectivity index is 1.35. The Bertz CT molecular complexity index is 1620. The summed E-state index contributed by atoms with van der Waals surface area (Å²) in [7, 11) is 0. The van der Waals surface area contributed by atoms with E-state index in [0.717, 1.165) is 68.1 Å². The van der Waals surface area contributed by atoms with Gasteiger partial charge < -0.3 is 9.47 Å². The lowest BCUT2D eigenvalue weighted by Gasteiger charge is -2.60. The van der Waals surface area contributed by atoms with Crippen LogP contribution in [0.15, 0.2) is 48.0 Å². The van der Waals surface area contributed by atoms with E-state index in [1.54, 1.807) is 11.3 Å². The molecule has 0 unspecified atom stereocenters. The highest BCUT2D eigenvalue weighted by atomic mass is 32.1. The second kappa shape index (κ2) is 6.77. The summed E-state index contributed by atoms with van der Waals surface area (Å²) in [6.45, 7) is 0. The molecular weight excluding hydrogens is 478 g/mol. The van der Waals surface area contributed by atoms with Gasteiger partial charge in [0.05, 0.1) is 5.69 Å². The Morgan fingerprint density at radius 3 is 2.27 bits per heavy atom. The van der Waals surface area contributed by atoms with Gasteiger partial charge in [0.2, 0.25) is 0 Å². The van der Waals surface area contributed by atoms with E-state index >= 15 is 0 Å². The zero-order valence-electron chi connectivity index (χ0n) is 20.2. The molecule has 1 aromatic heterocycles. The van der Waals surface area contributed by atoms with Crippen molar-refractivity contribution in [3.8, 4) is 35.1 Å². The molecule has 4 fully saturated rings. The van der Waals surface area contributed by atoms with E-state index in [-0.39, 0.29) is 11.0 Å². The van der Waals surface area contributed by atoms with Gasteiger partial charge in [-0.2, -0.15) is 10.5 Å². The molecule has 6 heteroatoms. The standard InChI is InChI=1S/C31H23N3O2S/c32-14-18(15-33)21-13-31(19-9-16-8-17(11-19)12-20(31)10-16)26-28-30(37-29(21)26)34-22-4-1-2-5-23(22)35-24-6-3-7-25(36-28)27(24)34/h1-7,16-17,19-20H,8-13H2. The molecule has 0 radical (unpaired) electrons. The van der Waals surface area contributed by atoms with Crippen LogP contribution in [0.4, 0.5) is 16.4 Å². The van der Waals surface area contributed by atoms with Gasteiger partial charge in [0.25, 0.3) is 0 Å². The average molecular weight is 502 g/mol. The zero-order chi connectivity index (χ0) is 24.5. The molecule has 5 nitrogen and oxygen atoms in total. The van der Waals surface area contributed by atoms with Crippen molar-refractivity contribution >= 4 is 33.3 Å². The van der Waals surface area contributed by atoms with Crippen molar-refractivity contribution in [1.29, 1.82) is 10.5 Å². The molecule has 3 aromatic rings. The fourth-order valence-corrected chi connectivity index (χ4v) is 10.4. The molecule has 1 spiro atoms. The first-order chi connectivity index (χ1) is 18.2. The highest BCUT2D eigenvalue weighted by Crippen LogP contribution is 2.74. The van der Waals surface area contributed by atoms with Crippen LogP contribution in [0.5, 0.6) is 23.0 Å². The van der Waals surface area contributed by atoms with Crippen molar-refractivity contribution in [1.82, 2.24) is 0 Å². The van der Waals surface area contributed by atoms with Crippen molar-refractivity contribution in [3.63, 3.8) is 0 Å². The van der Waals surface area contributed by atoms with Crippen molar-refractivity contribution in [2.24, 2.45) is 23.7 Å². The summed E-state index contributed by atoms with van der Waals surface area (Å²) in [4.78, 5) is 3.40. The SMILES string of the molecule is N#CC(C#N)=C1CC2(c3c1sc1c3Oc3cccc4c3N1c1ccccc1O4)C1CC3CC(C1)CC2C3. The number of benzene rings is 2. The van der Waals surface area contributed by atoms with Crippen LogP contribution in [0.2, 0.25) is 0 Å². The minimum absolute atomic E-state index is 0.0396. The lowest BCUT2D eigenvalue weighted by Crippen LogP contribution is -2.54. The minimum atomic E-state index is -0.0396. The molecule has 7 aliphatic rings. The maximum Gasteiger partial charge on any atom is 0.167 e. The number of anilines is 3. The molecule has 4 bridgehead atoms. The van der Waals surface area contributed by atoms with Crippen LogP contribution in [-0.2, 0) is 5.41 Å². The summed E-state index contributed by atoms with van der Waals surface area (Å²) >= 11 is 1.70. The topological polar surface area (TPSA) is 69.3 Å². The van der Waals surface area contributed by atoms with E-state index < -0.39 is 0 Å². The van der Waals surface area contributed by atoms with Gasteiger partial charge >= 0.3 is 0 Å². The van der Waals surface area contributed by atoms with Crippen molar-refractivity contribution in [3.05, 3.63) is 58.5 Å². The summed E-state index contributed by atoms with van der Waals surface area (Å²) in [5, 5.41) is 21.0. The average Bonchev–Trinajstić information content (AvgIpc) is 3.44. The first kappa shape index (κ1) is 20.3. The van der Waals surface area contributed by atoms with Gasteiger partial charge in [-0.15, -0.1) is 11.3 Å². The summed E-state index contributed by atoms with van der Waals surface area (Å²) in [6.07, 6.45) is 7.25. The van der Waals surface area contributed by atoms with Crippen LogP contribution in [-0.4, -0.2) is 0 Å². The first-order valence-electron chi connectivity index (χ1n) is 13.3. The summed E-state index contributed by atoms with van der Waals surface area (Å²) < 4.78 is 13.1. The lowest BCUT2D eigenvalue weighted by atomic mass is 9.44. The fraction of sp³-hybridized carbons (Fsp3) is 0.355. The van der Waals surface area contributed by atoms with Crippen LogP contribution in [0.25, 0.3) is 5.57 Å². The number of hydrogen-bond donors (Lipinski definition) is 0. The summed E-state index contributed by atoms with van der Waals surface area (Å²) in [5.74, 6) is 6.20. The van der Waals surface area contributed by atoms with E-state index in [0.29, 0.717) is 11.8 Å². The number of thiophene rings is 1. The predicted molar refractivity (Wildman–Crippen MR) is 141 cm³/mol. The van der Waals surface area contributed by atoms with E-state index in [2.05, 4.69) is 23.1 Å². The van der Waals surface area contributed by atoms with E-state index in [1.807, 2.05) is 36.4 Å². The molecule has 0 amide bonds. The third kappa shape index (κ3) is 2.34. The molecule has 3 heterocycles. The quantitative estimate of drug-likeness (QED) is 0.200. The Labute approximate surface area is 219 Å². The molecule has 180 valence electrons. The minimum Gasteiger partial charge on any atom is -0.453 e. The van der Waals surface area contributed by atoms with Crippen molar-refractivity contribution < 1.29 is 9.47 Å². The molecule has 10 rings (SSSR count). The normalized spacial score (nSPS) is 30.4. The van der Waals surface area contributed by atoms with Crippen LogP contribution in [0.3, 0.4) is 0 Å². The Hall–Kier alpha value is -3.74. The second-order valence-electron chi connectivity index (χ2n) is 11.6. The molecule has 4 saturated carbocycles. The smallest absolute Gasteiger partial charge is 0.167 e. The van der Waals surface area contributed by atoms with Gasteiger partial charge in [0.1, 0.15) is 28.4 Å². The number of nitrogens with zero attached hydrogens (tertiary/aromatic N) is 3. The Kier molecular flexibility index (Phi) is 3.72. The molecule has 0 N–H and O–H groups in total. The number of hydrogen-bond acceptors (Lipinski definition) is 6. The van der Waals surface area contributed by atoms with Gasteiger partial charge in [-0.3, -0.25) is 4.90 Å². The Morgan fingerprint density at radius 1 is 0.865 bits per heavy atom. The zero-order valence-corrected chi connectivity index (χ0v) is 21.0. The Morgan fingerprint density at radius 2 is 1.54 bits per heavy atom. The molecule has 5 aliphatic carbocycles. The molecule has 2 aromatic carbocycles. The van der Waals surface area contributed by atoms with Gasteiger partial charge in [0.15, 0.2) is 23.0 Å². The first-order valence-corrected chi connectivity index (χ1v) is 14.1. The van der Waals surface area contributed by atoms with Crippen molar-refractivity contribution in [2.45, 2.75) is 43.9 Å². The van der Waals surface area contributed by atoms with Gasteiger partial charge in [-0.25, -0.2) is 0 Å². The predicted octanol–water partition coefficient (Wildman–Crippen LogP) is 8.33. The number of fused-ring (bicyclic) bond motifs is 6. The third-order valence-corrected chi connectivity index (χ3v) is 11.3. The van der Waals surface area contributed by atoms with E-state index in [9.17, 15) is 10.5 Å². The number of nitriles is 2. The second-order valence-corrected chi connectivity index (χ2v) is 12.6. The monoisotopic (exact) mass is 501 g/mol. The highest BCUT2D eigenvalue weighted by molar-refractivity contribution is 7.18. The maximum atomic E-state index is 9.99. The lowest BCUT2D eigenvalue weighted by molar-refractivity contribution is -0.0569. The number of ether oxygens (including phenoxy) is 2. The van der Waals surface area contributed by atoms with Crippen LogP contribution < -0.4 is 14.4 Å². The van der Waals surface area contributed by atoms with Gasteiger partial charge in [-0.05, 0) is 92.0 Å². The maximum absolute atomic E-state index is 9.99. The largest absolute Gasteiger partial charge is 0.453 e.